The second-order valence-corrected chi connectivity index (χ2v) is 8.50. The number of nitrogens with one attached hydrogen (secondary N) is 1. The maximum Gasteiger partial charge on any atom is 0.495 e. The molecular formula is C20H30BNO4. The minimum absolute atomic E-state index is 0.382. The van der Waals surface area contributed by atoms with Gasteiger partial charge in [0.15, 0.2) is 0 Å². The lowest BCUT2D eigenvalue weighted by molar-refractivity contribution is 0.00578. The van der Waals surface area contributed by atoms with Gasteiger partial charge in [0.2, 0.25) is 0 Å². The van der Waals surface area contributed by atoms with Crippen LogP contribution in [0.2, 0.25) is 0 Å². The maximum atomic E-state index is 11.7. The average Bonchev–Trinajstić information content (AvgIpc) is 2.70. The summed E-state index contributed by atoms with van der Waals surface area (Å²) < 4.78 is 17.5. The molecule has 142 valence electrons. The Morgan fingerprint density at radius 3 is 2.31 bits per heavy atom. The van der Waals surface area contributed by atoms with Crippen LogP contribution in [0.25, 0.3) is 6.08 Å². The van der Waals surface area contributed by atoms with Crippen LogP contribution in [-0.4, -0.2) is 36.6 Å². The highest BCUT2D eigenvalue weighted by Crippen LogP contribution is 2.36. The van der Waals surface area contributed by atoms with E-state index in [0.717, 1.165) is 11.0 Å². The van der Waals surface area contributed by atoms with Crippen molar-refractivity contribution in [3.63, 3.8) is 0 Å². The van der Waals surface area contributed by atoms with Crippen LogP contribution < -0.4 is 10.8 Å². The highest BCUT2D eigenvalue weighted by Gasteiger charge is 2.52. The monoisotopic (exact) mass is 359 g/mol. The van der Waals surface area contributed by atoms with E-state index in [0.29, 0.717) is 6.54 Å². The number of ether oxygens (including phenoxy) is 1. The van der Waals surface area contributed by atoms with Crippen molar-refractivity contribution in [2.24, 2.45) is 0 Å². The molecule has 1 aromatic carbocycles. The summed E-state index contributed by atoms with van der Waals surface area (Å²) in [4.78, 5) is 11.7. The molecule has 0 radical (unpaired) electrons. The van der Waals surface area contributed by atoms with E-state index in [1.165, 1.54) is 0 Å². The van der Waals surface area contributed by atoms with Crippen LogP contribution in [0.5, 0.6) is 0 Å². The summed E-state index contributed by atoms with van der Waals surface area (Å²) >= 11 is 0. The van der Waals surface area contributed by atoms with Crippen LogP contribution in [0.4, 0.5) is 4.79 Å². The second-order valence-electron chi connectivity index (χ2n) is 8.50. The molecule has 0 aromatic heterocycles. The molecule has 0 spiro atoms. The van der Waals surface area contributed by atoms with Crippen LogP contribution in [0.1, 0.15) is 54.0 Å². The third kappa shape index (κ3) is 5.11. The molecular weight excluding hydrogens is 329 g/mol. The Morgan fingerprint density at radius 1 is 1.15 bits per heavy atom. The molecule has 1 aliphatic rings. The quantitative estimate of drug-likeness (QED) is 0.836. The third-order valence-electron chi connectivity index (χ3n) is 4.56. The summed E-state index contributed by atoms with van der Waals surface area (Å²) in [7, 11) is -0.417. The molecule has 0 bridgehead atoms. The van der Waals surface area contributed by atoms with Crippen molar-refractivity contribution in [1.82, 2.24) is 5.32 Å². The second kappa shape index (κ2) is 7.45. The van der Waals surface area contributed by atoms with Gasteiger partial charge >= 0.3 is 13.2 Å². The van der Waals surface area contributed by atoms with Gasteiger partial charge in [-0.15, -0.1) is 0 Å². The number of hydrogen-bond donors (Lipinski definition) is 1. The Bertz CT molecular complexity index is 661. The summed E-state index contributed by atoms with van der Waals surface area (Å²) in [6.07, 6.45) is 3.41. The number of benzene rings is 1. The fourth-order valence-electron chi connectivity index (χ4n) is 2.49. The van der Waals surface area contributed by atoms with Gasteiger partial charge in [0, 0.05) is 6.54 Å². The van der Waals surface area contributed by atoms with Gasteiger partial charge in [-0.2, -0.15) is 0 Å². The highest BCUT2D eigenvalue weighted by atomic mass is 16.7. The van der Waals surface area contributed by atoms with Crippen LogP contribution in [0.3, 0.4) is 0 Å². The van der Waals surface area contributed by atoms with Crippen LogP contribution in [0.15, 0.2) is 30.3 Å². The summed E-state index contributed by atoms with van der Waals surface area (Å²) in [5, 5.41) is 2.71. The van der Waals surface area contributed by atoms with Gasteiger partial charge < -0.3 is 19.4 Å². The lowest BCUT2D eigenvalue weighted by Gasteiger charge is -2.32. The van der Waals surface area contributed by atoms with E-state index in [2.05, 4.69) is 5.32 Å². The summed E-state index contributed by atoms with van der Waals surface area (Å²) in [5.41, 5.74) is 0.702. The number of hydrogen-bond acceptors (Lipinski definition) is 4. The van der Waals surface area contributed by atoms with Gasteiger partial charge in [0.1, 0.15) is 5.60 Å². The van der Waals surface area contributed by atoms with E-state index in [4.69, 9.17) is 14.0 Å². The van der Waals surface area contributed by atoms with E-state index < -0.39 is 18.8 Å². The Kier molecular flexibility index (Phi) is 5.88. The van der Waals surface area contributed by atoms with Crippen LogP contribution in [-0.2, 0) is 14.0 Å². The molecule has 0 unspecified atom stereocenters. The molecule has 1 amide bonds. The molecule has 1 heterocycles. The van der Waals surface area contributed by atoms with Crippen molar-refractivity contribution in [3.8, 4) is 0 Å². The van der Waals surface area contributed by atoms with Crippen molar-refractivity contribution in [1.29, 1.82) is 0 Å². The number of rotatable bonds is 4. The zero-order valence-corrected chi connectivity index (χ0v) is 16.9. The molecule has 1 aromatic rings. The summed E-state index contributed by atoms with van der Waals surface area (Å²) in [5.74, 6) is 0. The van der Waals surface area contributed by atoms with Crippen LogP contribution >= 0.6 is 0 Å². The van der Waals surface area contributed by atoms with Crippen molar-refractivity contribution < 1.29 is 18.8 Å². The first-order chi connectivity index (χ1) is 11.9. The highest BCUT2D eigenvalue weighted by molar-refractivity contribution is 6.63. The molecule has 0 aliphatic carbocycles. The zero-order chi connectivity index (χ0) is 19.6. The molecule has 1 aliphatic heterocycles. The zero-order valence-electron chi connectivity index (χ0n) is 16.9. The fourth-order valence-corrected chi connectivity index (χ4v) is 2.49. The van der Waals surface area contributed by atoms with E-state index >= 15 is 0 Å². The Morgan fingerprint density at radius 2 is 1.73 bits per heavy atom. The largest absolute Gasteiger partial charge is 0.495 e. The molecule has 0 saturated carbocycles. The van der Waals surface area contributed by atoms with Gasteiger partial charge in [-0.05, 0) is 59.5 Å². The number of amides is 1. The van der Waals surface area contributed by atoms with E-state index in [1.807, 2.05) is 84.9 Å². The van der Waals surface area contributed by atoms with Crippen molar-refractivity contribution in [3.05, 3.63) is 35.9 Å². The number of alkyl carbamates (subject to hydrolysis) is 1. The minimum Gasteiger partial charge on any atom is -0.444 e. The van der Waals surface area contributed by atoms with Gasteiger partial charge in [-0.25, -0.2) is 4.79 Å². The first-order valence-corrected chi connectivity index (χ1v) is 8.99. The van der Waals surface area contributed by atoms with Gasteiger partial charge in [0.05, 0.1) is 11.2 Å². The standard InChI is InChI=1S/C20H30BNO4/c1-18(2,3)24-17(23)22-14-10-12-15-11-8-9-13-16(15)21-25-19(4,5)20(6,7)26-21/h8-13H,14H2,1-7H3,(H,22,23). The minimum atomic E-state index is -0.503. The molecule has 26 heavy (non-hydrogen) atoms. The number of carbonyl (C=O) groups is 1. The average molecular weight is 359 g/mol. The van der Waals surface area contributed by atoms with Gasteiger partial charge in [-0.1, -0.05) is 36.4 Å². The topological polar surface area (TPSA) is 56.8 Å². The Hall–Kier alpha value is -1.79. The molecule has 0 atom stereocenters. The van der Waals surface area contributed by atoms with E-state index in [-0.39, 0.29) is 11.2 Å². The molecule has 6 heteroatoms. The van der Waals surface area contributed by atoms with Crippen molar-refractivity contribution >= 4 is 24.8 Å². The van der Waals surface area contributed by atoms with Crippen LogP contribution in [0, 0.1) is 0 Å². The predicted molar refractivity (Wildman–Crippen MR) is 105 cm³/mol. The summed E-state index contributed by atoms with van der Waals surface area (Å²) in [6.45, 7) is 14.0. The summed E-state index contributed by atoms with van der Waals surface area (Å²) in [6, 6.07) is 7.94. The maximum absolute atomic E-state index is 11.7. The fraction of sp³-hybridized carbons (Fsp3) is 0.550. The number of carbonyl (C=O) groups excluding carboxylic acids is 1. The third-order valence-corrected chi connectivity index (χ3v) is 4.56. The predicted octanol–water partition coefficient (Wildman–Crippen LogP) is 3.52. The van der Waals surface area contributed by atoms with E-state index in [1.54, 1.807) is 0 Å². The first-order valence-electron chi connectivity index (χ1n) is 8.99. The van der Waals surface area contributed by atoms with Gasteiger partial charge in [0.25, 0.3) is 0 Å². The normalized spacial score (nSPS) is 19.0. The van der Waals surface area contributed by atoms with Crippen molar-refractivity contribution in [2.75, 3.05) is 6.54 Å². The molecule has 2 rings (SSSR count). The molecule has 1 saturated heterocycles. The van der Waals surface area contributed by atoms with Gasteiger partial charge in [-0.3, -0.25) is 0 Å². The lowest BCUT2D eigenvalue weighted by atomic mass is 9.76. The SMILES string of the molecule is CC(C)(C)OC(=O)NCC=Cc1ccccc1B1OC(C)(C)C(C)(C)O1. The lowest BCUT2D eigenvalue weighted by Crippen LogP contribution is -2.41. The Labute approximate surface area is 157 Å². The molecule has 1 N–H and O–H groups in total. The Balaban J connectivity index is 2.03. The smallest absolute Gasteiger partial charge is 0.444 e. The van der Waals surface area contributed by atoms with Crippen molar-refractivity contribution in [2.45, 2.75) is 65.3 Å². The molecule has 5 nitrogen and oxygen atoms in total. The van der Waals surface area contributed by atoms with E-state index in [9.17, 15) is 4.79 Å². The molecule has 1 fully saturated rings. The first kappa shape index (κ1) is 20.5.